The maximum Gasteiger partial charge on any atom is 0.238 e. The lowest BCUT2D eigenvalue weighted by molar-refractivity contribution is 0.598. The number of nitrogens with one attached hydrogen (secondary N) is 1. The monoisotopic (exact) mass is 290 g/mol. The predicted molar refractivity (Wildman–Crippen MR) is 81.1 cm³/mol. The zero-order valence-electron chi connectivity index (χ0n) is 11.6. The van der Waals surface area contributed by atoms with Crippen LogP contribution >= 0.6 is 0 Å². The molecule has 4 nitrogen and oxygen atoms in total. The quantitative estimate of drug-likeness (QED) is 0.909. The summed E-state index contributed by atoms with van der Waals surface area (Å²) >= 11 is 0. The van der Waals surface area contributed by atoms with Crippen LogP contribution in [0.1, 0.15) is 16.7 Å². The van der Waals surface area contributed by atoms with Gasteiger partial charge in [-0.25, -0.2) is 13.6 Å². The van der Waals surface area contributed by atoms with Gasteiger partial charge >= 0.3 is 0 Å². The van der Waals surface area contributed by atoms with Crippen molar-refractivity contribution in [3.63, 3.8) is 0 Å². The number of rotatable bonds is 4. The Morgan fingerprint density at radius 2 is 1.55 bits per heavy atom. The van der Waals surface area contributed by atoms with Gasteiger partial charge in [0.1, 0.15) is 0 Å². The number of aryl methyl sites for hydroxylation is 2. The van der Waals surface area contributed by atoms with E-state index in [-0.39, 0.29) is 4.90 Å². The molecule has 0 aromatic heterocycles. The maximum atomic E-state index is 11.2. The Labute approximate surface area is 119 Å². The lowest BCUT2D eigenvalue weighted by atomic mass is 10.1. The van der Waals surface area contributed by atoms with E-state index in [2.05, 4.69) is 37.4 Å². The van der Waals surface area contributed by atoms with Crippen LogP contribution in [-0.2, 0) is 16.6 Å². The smallest absolute Gasteiger partial charge is 0.238 e. The molecule has 0 heterocycles. The summed E-state index contributed by atoms with van der Waals surface area (Å²) in [5.41, 5.74) is 4.51. The zero-order chi connectivity index (χ0) is 14.8. The molecular formula is C15H18N2O2S. The summed E-state index contributed by atoms with van der Waals surface area (Å²) in [4.78, 5) is 0.120. The summed E-state index contributed by atoms with van der Waals surface area (Å²) in [5, 5.41) is 8.32. The van der Waals surface area contributed by atoms with E-state index in [1.807, 2.05) is 0 Å². The molecule has 0 amide bonds. The lowest BCUT2D eigenvalue weighted by Crippen LogP contribution is -2.12. The summed E-state index contributed by atoms with van der Waals surface area (Å²) in [6.45, 7) is 4.83. The number of anilines is 1. The molecule has 2 aromatic carbocycles. The molecule has 0 unspecified atom stereocenters. The minimum Gasteiger partial charge on any atom is -0.381 e. The van der Waals surface area contributed by atoms with Crippen molar-refractivity contribution < 1.29 is 8.42 Å². The minimum atomic E-state index is -3.63. The molecule has 5 heteroatoms. The van der Waals surface area contributed by atoms with Gasteiger partial charge in [0.25, 0.3) is 0 Å². The summed E-state index contributed by atoms with van der Waals surface area (Å²) < 4.78 is 22.3. The van der Waals surface area contributed by atoms with Crippen LogP contribution in [0.15, 0.2) is 47.4 Å². The average Bonchev–Trinajstić information content (AvgIpc) is 2.35. The van der Waals surface area contributed by atoms with Gasteiger partial charge in [0.15, 0.2) is 0 Å². The highest BCUT2D eigenvalue weighted by atomic mass is 32.2. The van der Waals surface area contributed by atoms with Crippen LogP contribution in [0.3, 0.4) is 0 Å². The first-order chi connectivity index (χ1) is 9.34. The number of hydrogen-bond donors (Lipinski definition) is 2. The fraction of sp³-hybridized carbons (Fsp3) is 0.200. The summed E-state index contributed by atoms with van der Waals surface area (Å²) in [5.74, 6) is 0. The number of nitrogens with two attached hydrogens (primary N) is 1. The molecule has 0 bridgehead atoms. The second kappa shape index (κ2) is 5.64. The first-order valence-electron chi connectivity index (χ1n) is 6.28. The number of primary sulfonamides is 1. The SMILES string of the molecule is Cc1cc(C)cc(CNc2ccc(S(N)(=O)=O)cc2)c1. The highest BCUT2D eigenvalue weighted by Crippen LogP contribution is 2.15. The van der Waals surface area contributed by atoms with Gasteiger partial charge in [-0.15, -0.1) is 0 Å². The van der Waals surface area contributed by atoms with Crippen LogP contribution in [0.2, 0.25) is 0 Å². The maximum absolute atomic E-state index is 11.2. The Morgan fingerprint density at radius 3 is 2.05 bits per heavy atom. The van der Waals surface area contributed by atoms with Crippen LogP contribution in [0.4, 0.5) is 5.69 Å². The van der Waals surface area contributed by atoms with Gasteiger partial charge in [0.05, 0.1) is 4.90 Å². The first kappa shape index (κ1) is 14.6. The molecule has 0 aliphatic carbocycles. The van der Waals surface area contributed by atoms with Crippen LogP contribution in [0.25, 0.3) is 0 Å². The molecule has 0 aliphatic rings. The van der Waals surface area contributed by atoms with Crippen molar-refractivity contribution in [2.75, 3.05) is 5.32 Å². The van der Waals surface area contributed by atoms with Crippen LogP contribution in [0.5, 0.6) is 0 Å². The van der Waals surface area contributed by atoms with Gasteiger partial charge in [-0.2, -0.15) is 0 Å². The van der Waals surface area contributed by atoms with Crippen LogP contribution in [0, 0.1) is 13.8 Å². The fourth-order valence-electron chi connectivity index (χ4n) is 2.14. The third kappa shape index (κ3) is 3.82. The van der Waals surface area contributed by atoms with Crippen molar-refractivity contribution in [1.82, 2.24) is 0 Å². The Kier molecular flexibility index (Phi) is 4.11. The largest absolute Gasteiger partial charge is 0.381 e. The first-order valence-corrected chi connectivity index (χ1v) is 7.83. The van der Waals surface area contributed by atoms with E-state index in [0.29, 0.717) is 6.54 Å². The van der Waals surface area contributed by atoms with Crippen LogP contribution < -0.4 is 10.5 Å². The Hall–Kier alpha value is -1.85. The molecule has 0 spiro atoms. The van der Waals surface area contributed by atoms with E-state index < -0.39 is 10.0 Å². The second-order valence-electron chi connectivity index (χ2n) is 4.92. The molecule has 0 atom stereocenters. The van der Waals surface area contributed by atoms with E-state index in [1.54, 1.807) is 12.1 Å². The standard InChI is InChI=1S/C15H18N2O2S/c1-11-7-12(2)9-13(8-11)10-17-14-3-5-15(6-4-14)20(16,18)19/h3-9,17H,10H2,1-2H3,(H2,16,18,19). The number of sulfonamides is 1. The second-order valence-corrected chi connectivity index (χ2v) is 6.48. The van der Waals surface area contributed by atoms with E-state index in [9.17, 15) is 8.42 Å². The molecule has 0 radical (unpaired) electrons. The van der Waals surface area contributed by atoms with Crippen molar-refractivity contribution in [2.45, 2.75) is 25.3 Å². The molecule has 0 saturated carbocycles. The molecule has 20 heavy (non-hydrogen) atoms. The average molecular weight is 290 g/mol. The molecule has 3 N–H and O–H groups in total. The van der Waals surface area contributed by atoms with Crippen molar-refractivity contribution in [1.29, 1.82) is 0 Å². The van der Waals surface area contributed by atoms with Gasteiger partial charge in [-0.05, 0) is 43.7 Å². The van der Waals surface area contributed by atoms with Gasteiger partial charge in [0, 0.05) is 12.2 Å². The molecule has 0 aliphatic heterocycles. The predicted octanol–water partition coefficient (Wildman–Crippen LogP) is 2.56. The van der Waals surface area contributed by atoms with Gasteiger partial charge in [-0.3, -0.25) is 0 Å². The van der Waals surface area contributed by atoms with E-state index in [0.717, 1.165) is 5.69 Å². The van der Waals surface area contributed by atoms with Crippen molar-refractivity contribution in [3.05, 3.63) is 59.2 Å². The lowest BCUT2D eigenvalue weighted by Gasteiger charge is -2.09. The Balaban J connectivity index is 2.07. The third-order valence-corrected chi connectivity index (χ3v) is 3.89. The highest BCUT2D eigenvalue weighted by molar-refractivity contribution is 7.89. The molecule has 0 saturated heterocycles. The molecular weight excluding hydrogens is 272 g/mol. The fourth-order valence-corrected chi connectivity index (χ4v) is 2.65. The van der Waals surface area contributed by atoms with Crippen molar-refractivity contribution in [2.24, 2.45) is 5.14 Å². The highest BCUT2D eigenvalue weighted by Gasteiger charge is 2.06. The molecule has 106 valence electrons. The minimum absolute atomic E-state index is 0.120. The number of benzene rings is 2. The molecule has 2 aromatic rings. The summed E-state index contributed by atoms with van der Waals surface area (Å²) in [6.07, 6.45) is 0. The van der Waals surface area contributed by atoms with Crippen LogP contribution in [-0.4, -0.2) is 8.42 Å². The molecule has 0 fully saturated rings. The Morgan fingerprint density at radius 1 is 1.00 bits per heavy atom. The van der Waals surface area contributed by atoms with Gasteiger partial charge in [0.2, 0.25) is 10.0 Å². The zero-order valence-corrected chi connectivity index (χ0v) is 12.4. The normalized spacial score (nSPS) is 11.3. The third-order valence-electron chi connectivity index (χ3n) is 2.96. The number of hydrogen-bond acceptors (Lipinski definition) is 3. The van der Waals surface area contributed by atoms with Crippen molar-refractivity contribution >= 4 is 15.7 Å². The van der Waals surface area contributed by atoms with Gasteiger partial charge < -0.3 is 5.32 Å². The Bertz CT molecular complexity index is 687. The van der Waals surface area contributed by atoms with E-state index >= 15 is 0 Å². The summed E-state index contributed by atoms with van der Waals surface area (Å²) in [6, 6.07) is 12.8. The summed E-state index contributed by atoms with van der Waals surface area (Å²) in [7, 11) is -3.63. The van der Waals surface area contributed by atoms with E-state index in [1.165, 1.54) is 28.8 Å². The van der Waals surface area contributed by atoms with E-state index in [4.69, 9.17) is 5.14 Å². The topological polar surface area (TPSA) is 72.2 Å². The van der Waals surface area contributed by atoms with Crippen molar-refractivity contribution in [3.8, 4) is 0 Å². The van der Waals surface area contributed by atoms with Gasteiger partial charge in [-0.1, -0.05) is 29.3 Å². The molecule has 2 rings (SSSR count).